The lowest BCUT2D eigenvalue weighted by Gasteiger charge is -2.33. The Kier molecular flexibility index (Phi) is 6.54. The molecule has 3 rings (SSSR count). The number of carbonyl (C=O) groups is 1. The highest BCUT2D eigenvalue weighted by Gasteiger charge is 2.32. The Hall–Kier alpha value is -3.47. The van der Waals surface area contributed by atoms with Crippen molar-refractivity contribution in [2.45, 2.75) is 17.4 Å². The summed E-state index contributed by atoms with van der Waals surface area (Å²) in [4.78, 5) is 13.0. The molecule has 31 heavy (non-hydrogen) atoms. The van der Waals surface area contributed by atoms with Crippen molar-refractivity contribution < 1.29 is 13.2 Å². The highest BCUT2D eigenvalue weighted by molar-refractivity contribution is 7.89. The van der Waals surface area contributed by atoms with Crippen LogP contribution in [0.5, 0.6) is 0 Å². The Bertz CT molecular complexity index is 1150. The molecule has 0 bridgehead atoms. The number of benzene rings is 3. The van der Waals surface area contributed by atoms with Crippen molar-refractivity contribution in [3.05, 3.63) is 102 Å². The first kappa shape index (κ1) is 22.2. The maximum absolute atomic E-state index is 12.9. The fourth-order valence-corrected chi connectivity index (χ4v) is 4.47. The molecule has 7 heteroatoms. The van der Waals surface area contributed by atoms with Gasteiger partial charge in [0, 0.05) is 7.05 Å². The molecule has 0 heterocycles. The van der Waals surface area contributed by atoms with Crippen LogP contribution in [0, 0.1) is 11.3 Å². The second-order valence-electron chi connectivity index (χ2n) is 7.30. The molecule has 0 spiro atoms. The minimum absolute atomic E-state index is 0.0238. The zero-order valence-electron chi connectivity index (χ0n) is 17.3. The van der Waals surface area contributed by atoms with Gasteiger partial charge in [0.15, 0.2) is 0 Å². The molecule has 0 unspecified atom stereocenters. The number of nitrogens with one attached hydrogen (secondary N) is 1. The molecule has 0 aliphatic carbocycles. The lowest BCUT2D eigenvalue weighted by atomic mass is 9.84. The van der Waals surface area contributed by atoms with Gasteiger partial charge in [0.05, 0.1) is 28.6 Å². The number of nitriles is 1. The van der Waals surface area contributed by atoms with Gasteiger partial charge in [0.2, 0.25) is 15.9 Å². The van der Waals surface area contributed by atoms with E-state index in [2.05, 4.69) is 5.32 Å². The summed E-state index contributed by atoms with van der Waals surface area (Å²) < 4.78 is 26.7. The van der Waals surface area contributed by atoms with E-state index in [4.69, 9.17) is 5.26 Å². The fourth-order valence-electron chi connectivity index (χ4n) is 3.34. The van der Waals surface area contributed by atoms with E-state index in [-0.39, 0.29) is 11.4 Å². The van der Waals surface area contributed by atoms with E-state index in [1.165, 1.54) is 31.3 Å². The molecule has 0 atom stereocenters. The minimum Gasteiger partial charge on any atom is -0.342 e. The number of likely N-dealkylation sites (N-methyl/N-ethyl adjacent to an activating group) is 1. The van der Waals surface area contributed by atoms with Crippen LogP contribution in [-0.2, 0) is 20.4 Å². The van der Waals surface area contributed by atoms with Gasteiger partial charge in [-0.25, -0.2) is 8.42 Å². The zero-order chi connectivity index (χ0) is 22.5. The summed E-state index contributed by atoms with van der Waals surface area (Å²) in [5.41, 5.74) is 1.29. The number of rotatable bonds is 7. The van der Waals surface area contributed by atoms with Crippen LogP contribution in [0.4, 0.5) is 0 Å². The normalized spacial score (nSPS) is 11.7. The van der Waals surface area contributed by atoms with Crippen LogP contribution in [0.25, 0.3) is 0 Å². The van der Waals surface area contributed by atoms with Gasteiger partial charge < -0.3 is 5.32 Å². The summed E-state index contributed by atoms with van der Waals surface area (Å²) in [6.07, 6.45) is 0. The van der Waals surface area contributed by atoms with Crippen molar-refractivity contribution in [2.75, 3.05) is 13.6 Å². The molecule has 0 saturated carbocycles. The average molecular weight is 434 g/mol. The summed E-state index contributed by atoms with van der Waals surface area (Å²) in [6.45, 7) is 1.54. The van der Waals surface area contributed by atoms with Crippen molar-refractivity contribution in [3.63, 3.8) is 0 Å². The van der Waals surface area contributed by atoms with Crippen LogP contribution in [0.3, 0.4) is 0 Å². The lowest BCUT2D eigenvalue weighted by Crippen LogP contribution is -2.48. The summed E-state index contributed by atoms with van der Waals surface area (Å²) in [5, 5.41) is 11.9. The first-order valence-corrected chi connectivity index (χ1v) is 11.1. The van der Waals surface area contributed by atoms with Crippen molar-refractivity contribution in [2.24, 2.45) is 0 Å². The van der Waals surface area contributed by atoms with Gasteiger partial charge in [0.1, 0.15) is 0 Å². The smallest absolute Gasteiger partial charge is 0.243 e. The van der Waals surface area contributed by atoms with Crippen LogP contribution in [0.15, 0.2) is 89.8 Å². The number of carbonyl (C=O) groups excluding carboxylic acids is 1. The van der Waals surface area contributed by atoms with Crippen LogP contribution in [0.1, 0.15) is 23.6 Å². The van der Waals surface area contributed by atoms with Gasteiger partial charge >= 0.3 is 0 Å². The van der Waals surface area contributed by atoms with Crippen molar-refractivity contribution >= 4 is 15.9 Å². The van der Waals surface area contributed by atoms with Crippen molar-refractivity contribution in [3.8, 4) is 6.07 Å². The van der Waals surface area contributed by atoms with Gasteiger partial charge in [-0.15, -0.1) is 0 Å². The average Bonchev–Trinajstić information content (AvgIpc) is 2.80. The van der Waals surface area contributed by atoms with E-state index in [9.17, 15) is 13.2 Å². The Labute approximate surface area is 182 Å². The number of hydrogen-bond acceptors (Lipinski definition) is 4. The third-order valence-corrected chi connectivity index (χ3v) is 6.97. The number of sulfonamides is 1. The predicted molar refractivity (Wildman–Crippen MR) is 118 cm³/mol. The van der Waals surface area contributed by atoms with Crippen LogP contribution in [0.2, 0.25) is 0 Å². The minimum atomic E-state index is -3.88. The van der Waals surface area contributed by atoms with E-state index in [0.29, 0.717) is 5.56 Å². The Balaban J connectivity index is 1.83. The second-order valence-corrected chi connectivity index (χ2v) is 9.35. The molecule has 0 aliphatic heterocycles. The largest absolute Gasteiger partial charge is 0.342 e. The van der Waals surface area contributed by atoms with Crippen LogP contribution < -0.4 is 5.32 Å². The molecule has 0 saturated heterocycles. The van der Waals surface area contributed by atoms with Gasteiger partial charge in [-0.05, 0) is 42.3 Å². The quantitative estimate of drug-likeness (QED) is 0.619. The van der Waals surface area contributed by atoms with Crippen LogP contribution >= 0.6 is 0 Å². The Morgan fingerprint density at radius 2 is 1.42 bits per heavy atom. The van der Waals surface area contributed by atoms with E-state index >= 15 is 0 Å². The summed E-state index contributed by atoms with van der Waals surface area (Å²) in [5.74, 6) is -0.435. The standard InChI is InChI=1S/C24H23N3O3S/c1-24(20-9-5-3-6-10-20,21-11-7-4-8-12-21)26-23(28)18-27(2)31(29,30)22-15-13-19(17-25)14-16-22/h3-16H,18H2,1-2H3,(H,26,28). The number of amides is 1. The van der Waals surface area contributed by atoms with Crippen molar-refractivity contribution in [1.29, 1.82) is 5.26 Å². The third-order valence-electron chi connectivity index (χ3n) is 5.15. The molecule has 0 fully saturated rings. The summed E-state index contributed by atoms with van der Waals surface area (Å²) >= 11 is 0. The molecule has 3 aromatic rings. The lowest BCUT2D eigenvalue weighted by molar-refractivity contribution is -0.122. The Morgan fingerprint density at radius 1 is 0.935 bits per heavy atom. The zero-order valence-corrected chi connectivity index (χ0v) is 18.1. The molecule has 3 aromatic carbocycles. The molecule has 1 amide bonds. The number of nitrogens with zero attached hydrogens (tertiary/aromatic N) is 2. The number of hydrogen-bond donors (Lipinski definition) is 1. The third kappa shape index (κ3) is 4.82. The Morgan fingerprint density at radius 3 is 1.87 bits per heavy atom. The van der Waals surface area contributed by atoms with E-state index in [0.717, 1.165) is 15.4 Å². The van der Waals surface area contributed by atoms with E-state index < -0.39 is 21.5 Å². The molecule has 158 valence electrons. The molecule has 0 radical (unpaired) electrons. The maximum Gasteiger partial charge on any atom is 0.243 e. The van der Waals surface area contributed by atoms with Gasteiger partial charge in [0.25, 0.3) is 0 Å². The van der Waals surface area contributed by atoms with Gasteiger partial charge in [-0.3, -0.25) is 4.79 Å². The highest BCUT2D eigenvalue weighted by atomic mass is 32.2. The highest BCUT2D eigenvalue weighted by Crippen LogP contribution is 2.29. The SMILES string of the molecule is CN(CC(=O)NC(C)(c1ccccc1)c1ccccc1)S(=O)(=O)c1ccc(C#N)cc1. The molecule has 0 aromatic heterocycles. The predicted octanol–water partition coefficient (Wildman–Crippen LogP) is 3.26. The van der Waals surface area contributed by atoms with Gasteiger partial charge in [-0.1, -0.05) is 60.7 Å². The second kappa shape index (κ2) is 9.13. The molecular formula is C24H23N3O3S. The molecule has 6 nitrogen and oxygen atoms in total. The molecule has 1 N–H and O–H groups in total. The van der Waals surface area contributed by atoms with E-state index in [1.807, 2.05) is 73.7 Å². The topological polar surface area (TPSA) is 90.3 Å². The first-order chi connectivity index (χ1) is 14.8. The van der Waals surface area contributed by atoms with E-state index in [1.54, 1.807) is 0 Å². The maximum atomic E-state index is 12.9. The summed E-state index contributed by atoms with van der Waals surface area (Å²) in [6, 6.07) is 26.6. The monoisotopic (exact) mass is 433 g/mol. The first-order valence-electron chi connectivity index (χ1n) is 9.66. The van der Waals surface area contributed by atoms with Crippen molar-refractivity contribution in [1.82, 2.24) is 9.62 Å². The van der Waals surface area contributed by atoms with Gasteiger partial charge in [-0.2, -0.15) is 9.57 Å². The summed E-state index contributed by atoms with van der Waals surface area (Å²) in [7, 11) is -2.52. The van der Waals surface area contributed by atoms with Crippen LogP contribution in [-0.4, -0.2) is 32.2 Å². The molecular weight excluding hydrogens is 410 g/mol. The molecule has 0 aliphatic rings. The fraction of sp³-hybridized carbons (Fsp3) is 0.167.